The standard InChI is InChI=1S/C15H22N2O3/c1-4-20-15(2,3)9-16-13-11(14(18)19)8-10-6-5-7-12(10)17-13/h8H,4-7,9H2,1-3H3,(H,16,17)(H,18,19). The van der Waals surface area contributed by atoms with Crippen molar-refractivity contribution in [3.8, 4) is 0 Å². The van der Waals surface area contributed by atoms with Gasteiger partial charge < -0.3 is 15.2 Å². The predicted molar refractivity (Wildman–Crippen MR) is 77.4 cm³/mol. The molecule has 1 heterocycles. The molecule has 1 aliphatic rings. The minimum absolute atomic E-state index is 0.248. The molecular formula is C15H22N2O3. The van der Waals surface area contributed by atoms with Gasteiger partial charge in [0.25, 0.3) is 0 Å². The molecule has 0 fully saturated rings. The van der Waals surface area contributed by atoms with Gasteiger partial charge in [0, 0.05) is 18.8 Å². The lowest BCUT2D eigenvalue weighted by molar-refractivity contribution is 0.000599. The van der Waals surface area contributed by atoms with E-state index in [2.05, 4.69) is 10.3 Å². The summed E-state index contributed by atoms with van der Waals surface area (Å²) in [4.78, 5) is 15.9. The highest BCUT2D eigenvalue weighted by Crippen LogP contribution is 2.26. The van der Waals surface area contributed by atoms with Crippen molar-refractivity contribution in [3.05, 3.63) is 22.9 Å². The van der Waals surface area contributed by atoms with E-state index in [0.29, 0.717) is 19.0 Å². The molecule has 20 heavy (non-hydrogen) atoms. The highest BCUT2D eigenvalue weighted by molar-refractivity contribution is 5.93. The number of ether oxygens (including phenoxy) is 1. The summed E-state index contributed by atoms with van der Waals surface area (Å²) in [5.74, 6) is -0.491. The average molecular weight is 278 g/mol. The number of aromatic nitrogens is 1. The van der Waals surface area contributed by atoms with Crippen LogP contribution in [-0.4, -0.2) is 34.8 Å². The maximum atomic E-state index is 11.4. The van der Waals surface area contributed by atoms with Gasteiger partial charge in [-0.3, -0.25) is 0 Å². The third kappa shape index (κ3) is 3.28. The lowest BCUT2D eigenvalue weighted by Crippen LogP contribution is -2.34. The van der Waals surface area contributed by atoms with E-state index in [1.54, 1.807) is 6.07 Å². The summed E-state index contributed by atoms with van der Waals surface area (Å²) in [6.45, 7) is 7.03. The number of aromatic carboxylic acids is 1. The molecule has 1 aromatic rings. The van der Waals surface area contributed by atoms with Crippen molar-refractivity contribution >= 4 is 11.8 Å². The first kappa shape index (κ1) is 14.8. The topological polar surface area (TPSA) is 71.5 Å². The van der Waals surface area contributed by atoms with Crippen LogP contribution in [0.1, 0.15) is 48.8 Å². The largest absolute Gasteiger partial charge is 0.478 e. The normalized spacial score (nSPS) is 14.2. The molecule has 0 radical (unpaired) electrons. The molecule has 1 aliphatic carbocycles. The van der Waals surface area contributed by atoms with E-state index < -0.39 is 5.97 Å². The fourth-order valence-corrected chi connectivity index (χ4v) is 2.51. The number of hydrogen-bond acceptors (Lipinski definition) is 4. The lowest BCUT2D eigenvalue weighted by Gasteiger charge is -2.25. The zero-order valence-electron chi connectivity index (χ0n) is 12.3. The minimum atomic E-state index is -0.941. The first-order valence-electron chi connectivity index (χ1n) is 7.07. The number of carbonyl (C=O) groups is 1. The summed E-state index contributed by atoms with van der Waals surface area (Å²) in [5.41, 5.74) is 1.98. The van der Waals surface area contributed by atoms with Crippen molar-refractivity contribution in [2.75, 3.05) is 18.5 Å². The van der Waals surface area contributed by atoms with Gasteiger partial charge in [-0.25, -0.2) is 9.78 Å². The molecule has 0 unspecified atom stereocenters. The third-order valence-electron chi connectivity index (χ3n) is 3.50. The Morgan fingerprint density at radius 3 is 2.90 bits per heavy atom. The Morgan fingerprint density at radius 2 is 2.25 bits per heavy atom. The zero-order chi connectivity index (χ0) is 14.8. The summed E-state index contributed by atoms with van der Waals surface area (Å²) in [6, 6.07) is 1.76. The van der Waals surface area contributed by atoms with Crippen molar-refractivity contribution in [2.24, 2.45) is 0 Å². The Hall–Kier alpha value is -1.62. The molecule has 0 saturated heterocycles. The second kappa shape index (κ2) is 5.79. The molecule has 0 saturated carbocycles. The number of carboxylic acids is 1. The Morgan fingerprint density at radius 1 is 1.50 bits per heavy atom. The van der Waals surface area contributed by atoms with Gasteiger partial charge in [-0.2, -0.15) is 0 Å². The van der Waals surface area contributed by atoms with Crippen LogP contribution in [0.3, 0.4) is 0 Å². The van der Waals surface area contributed by atoms with Crippen molar-refractivity contribution in [3.63, 3.8) is 0 Å². The van der Waals surface area contributed by atoms with Crippen LogP contribution in [0.25, 0.3) is 0 Å². The number of hydrogen-bond donors (Lipinski definition) is 2. The first-order chi connectivity index (χ1) is 9.43. The van der Waals surface area contributed by atoms with Gasteiger partial charge in [0.05, 0.1) is 5.60 Å². The molecule has 0 aromatic carbocycles. The predicted octanol–water partition coefficient (Wildman–Crippen LogP) is 2.50. The summed E-state index contributed by atoms with van der Waals surface area (Å²) in [6.07, 6.45) is 2.90. The van der Waals surface area contributed by atoms with Gasteiger partial charge in [0.1, 0.15) is 11.4 Å². The van der Waals surface area contributed by atoms with Gasteiger partial charge >= 0.3 is 5.97 Å². The number of pyridine rings is 1. The van der Waals surface area contributed by atoms with Gasteiger partial charge in [-0.15, -0.1) is 0 Å². The Kier molecular flexibility index (Phi) is 4.28. The molecule has 0 amide bonds. The molecule has 2 N–H and O–H groups in total. The molecule has 1 aromatic heterocycles. The SMILES string of the molecule is CCOC(C)(C)CNc1nc2c(cc1C(=O)O)CCC2. The van der Waals surface area contributed by atoms with Crippen LogP contribution in [0.15, 0.2) is 6.07 Å². The van der Waals surface area contributed by atoms with Crippen LogP contribution in [0.4, 0.5) is 5.82 Å². The van der Waals surface area contributed by atoms with E-state index in [4.69, 9.17) is 4.74 Å². The monoisotopic (exact) mass is 278 g/mol. The summed E-state index contributed by atoms with van der Waals surface area (Å²) < 4.78 is 5.61. The number of nitrogens with zero attached hydrogens (tertiary/aromatic N) is 1. The molecule has 0 bridgehead atoms. The molecule has 2 rings (SSSR count). The molecular weight excluding hydrogens is 256 g/mol. The van der Waals surface area contributed by atoms with Crippen LogP contribution < -0.4 is 5.32 Å². The van der Waals surface area contributed by atoms with Crippen LogP contribution >= 0.6 is 0 Å². The number of aryl methyl sites for hydroxylation is 2. The fourth-order valence-electron chi connectivity index (χ4n) is 2.51. The maximum absolute atomic E-state index is 11.4. The summed E-state index contributed by atoms with van der Waals surface area (Å²) >= 11 is 0. The number of nitrogens with one attached hydrogen (secondary N) is 1. The molecule has 5 nitrogen and oxygen atoms in total. The number of carboxylic acid groups (broad SMARTS) is 1. The van der Waals surface area contributed by atoms with Gasteiger partial charge in [0.2, 0.25) is 0 Å². The highest BCUT2D eigenvalue weighted by Gasteiger charge is 2.22. The third-order valence-corrected chi connectivity index (χ3v) is 3.50. The Bertz CT molecular complexity index is 512. The van der Waals surface area contributed by atoms with Crippen LogP contribution in [0, 0.1) is 0 Å². The highest BCUT2D eigenvalue weighted by atomic mass is 16.5. The fraction of sp³-hybridized carbons (Fsp3) is 0.600. The van der Waals surface area contributed by atoms with Gasteiger partial charge in [-0.05, 0) is 51.7 Å². The van der Waals surface area contributed by atoms with Gasteiger partial charge in [0.15, 0.2) is 0 Å². The van der Waals surface area contributed by atoms with Crippen molar-refractivity contribution in [2.45, 2.75) is 45.6 Å². The molecule has 0 spiro atoms. The second-order valence-corrected chi connectivity index (χ2v) is 5.70. The zero-order valence-corrected chi connectivity index (χ0v) is 12.3. The minimum Gasteiger partial charge on any atom is -0.478 e. The molecule has 0 atom stereocenters. The first-order valence-corrected chi connectivity index (χ1v) is 7.07. The average Bonchev–Trinajstić information content (AvgIpc) is 2.82. The van der Waals surface area contributed by atoms with E-state index in [1.165, 1.54) is 0 Å². The lowest BCUT2D eigenvalue weighted by atomic mass is 10.1. The van der Waals surface area contributed by atoms with E-state index in [1.807, 2.05) is 20.8 Å². The van der Waals surface area contributed by atoms with E-state index in [9.17, 15) is 9.90 Å². The smallest absolute Gasteiger partial charge is 0.339 e. The van der Waals surface area contributed by atoms with Crippen molar-refractivity contribution < 1.29 is 14.6 Å². The van der Waals surface area contributed by atoms with Crippen LogP contribution in [-0.2, 0) is 17.6 Å². The van der Waals surface area contributed by atoms with Crippen molar-refractivity contribution in [1.29, 1.82) is 0 Å². The molecule has 110 valence electrons. The van der Waals surface area contributed by atoms with E-state index in [0.717, 1.165) is 30.5 Å². The Labute approximate surface area is 119 Å². The second-order valence-electron chi connectivity index (χ2n) is 5.70. The number of anilines is 1. The molecule has 5 heteroatoms. The van der Waals surface area contributed by atoms with E-state index in [-0.39, 0.29) is 11.2 Å². The molecule has 0 aliphatic heterocycles. The summed E-state index contributed by atoms with van der Waals surface area (Å²) in [5, 5.41) is 12.5. The summed E-state index contributed by atoms with van der Waals surface area (Å²) in [7, 11) is 0. The Balaban J connectivity index is 2.20. The van der Waals surface area contributed by atoms with Crippen molar-refractivity contribution in [1.82, 2.24) is 4.98 Å². The maximum Gasteiger partial charge on any atom is 0.339 e. The number of rotatable bonds is 6. The van der Waals surface area contributed by atoms with Crippen LogP contribution in [0.2, 0.25) is 0 Å². The van der Waals surface area contributed by atoms with Crippen LogP contribution in [0.5, 0.6) is 0 Å². The quantitative estimate of drug-likeness (QED) is 0.836. The van der Waals surface area contributed by atoms with Gasteiger partial charge in [-0.1, -0.05) is 0 Å². The van der Waals surface area contributed by atoms with E-state index >= 15 is 0 Å². The number of fused-ring (bicyclic) bond motifs is 1.